The lowest BCUT2D eigenvalue weighted by Crippen LogP contribution is -2.50. The third kappa shape index (κ3) is 4.92. The van der Waals surface area contributed by atoms with Crippen molar-refractivity contribution in [1.29, 1.82) is 0 Å². The number of hydrogen-bond acceptors (Lipinski definition) is 4. The lowest BCUT2D eigenvalue weighted by atomic mass is 10.0. The molecule has 0 aliphatic carbocycles. The van der Waals surface area contributed by atoms with Gasteiger partial charge in [-0.2, -0.15) is 0 Å². The fraction of sp³-hybridized carbons (Fsp3) is 1.00. The Morgan fingerprint density at radius 2 is 1.86 bits per heavy atom. The van der Waals surface area contributed by atoms with Crippen LogP contribution in [0.5, 0.6) is 0 Å². The fourth-order valence-corrected chi connectivity index (χ4v) is 4.00. The number of ether oxygens (including phenoxy) is 2. The molecule has 0 amide bonds. The highest BCUT2D eigenvalue weighted by atomic mass is 16.5. The maximum Gasteiger partial charge on any atom is 0.0809 e. The summed E-state index contributed by atoms with van der Waals surface area (Å²) in [6, 6.07) is 0.803. The van der Waals surface area contributed by atoms with Crippen LogP contribution < -0.4 is 0 Å². The smallest absolute Gasteiger partial charge is 0.0809 e. The standard InChI is InChI=1S/C17H32N2O2/c1-2-9-19(10-3-1)16-6-4-8-18(14-16)11-13-20-15-17-7-5-12-21-17/h16-17H,1-15H2/t16-,17+/m0/s1. The zero-order chi connectivity index (χ0) is 14.3. The van der Waals surface area contributed by atoms with E-state index >= 15 is 0 Å². The van der Waals surface area contributed by atoms with Gasteiger partial charge in [-0.3, -0.25) is 9.80 Å². The largest absolute Gasteiger partial charge is 0.377 e. The molecule has 0 radical (unpaired) electrons. The predicted molar refractivity (Wildman–Crippen MR) is 84.7 cm³/mol. The van der Waals surface area contributed by atoms with Gasteiger partial charge < -0.3 is 9.47 Å². The molecule has 3 fully saturated rings. The number of nitrogens with zero attached hydrogens (tertiary/aromatic N) is 2. The highest BCUT2D eigenvalue weighted by Gasteiger charge is 2.26. The second-order valence-electron chi connectivity index (χ2n) is 6.90. The summed E-state index contributed by atoms with van der Waals surface area (Å²) in [6.45, 7) is 8.85. The Bertz CT molecular complexity index is 289. The molecular formula is C17H32N2O2. The van der Waals surface area contributed by atoms with Crippen molar-refractivity contribution in [2.75, 3.05) is 52.5 Å². The quantitative estimate of drug-likeness (QED) is 0.701. The third-order valence-electron chi connectivity index (χ3n) is 5.27. The van der Waals surface area contributed by atoms with E-state index in [0.29, 0.717) is 6.10 Å². The molecule has 0 N–H and O–H groups in total. The van der Waals surface area contributed by atoms with Gasteiger partial charge in [-0.05, 0) is 58.2 Å². The van der Waals surface area contributed by atoms with Crippen molar-refractivity contribution in [3.8, 4) is 0 Å². The maximum absolute atomic E-state index is 5.82. The van der Waals surface area contributed by atoms with Gasteiger partial charge in [0.15, 0.2) is 0 Å². The minimum absolute atomic E-state index is 0.368. The summed E-state index contributed by atoms with van der Waals surface area (Å²) in [6.07, 6.45) is 9.75. The van der Waals surface area contributed by atoms with Gasteiger partial charge in [0.1, 0.15) is 0 Å². The topological polar surface area (TPSA) is 24.9 Å². The number of likely N-dealkylation sites (tertiary alicyclic amines) is 2. The van der Waals surface area contributed by atoms with E-state index in [1.165, 1.54) is 71.1 Å². The average Bonchev–Trinajstić information content (AvgIpc) is 3.06. The van der Waals surface area contributed by atoms with E-state index in [0.717, 1.165) is 32.4 Å². The summed E-state index contributed by atoms with van der Waals surface area (Å²) >= 11 is 0. The summed E-state index contributed by atoms with van der Waals surface area (Å²) < 4.78 is 11.4. The van der Waals surface area contributed by atoms with Gasteiger partial charge in [-0.1, -0.05) is 6.42 Å². The third-order valence-corrected chi connectivity index (χ3v) is 5.27. The molecule has 3 aliphatic heterocycles. The van der Waals surface area contributed by atoms with Crippen molar-refractivity contribution >= 4 is 0 Å². The molecule has 21 heavy (non-hydrogen) atoms. The predicted octanol–water partition coefficient (Wildman–Crippen LogP) is 2.13. The van der Waals surface area contributed by atoms with E-state index in [9.17, 15) is 0 Å². The molecule has 0 aromatic heterocycles. The van der Waals surface area contributed by atoms with Crippen molar-refractivity contribution in [3.63, 3.8) is 0 Å². The van der Waals surface area contributed by atoms with Crippen LogP contribution in [0.3, 0.4) is 0 Å². The van der Waals surface area contributed by atoms with E-state index < -0.39 is 0 Å². The first-order valence-corrected chi connectivity index (χ1v) is 9.07. The van der Waals surface area contributed by atoms with Crippen LogP contribution in [0.4, 0.5) is 0 Å². The van der Waals surface area contributed by atoms with Crippen LogP contribution in [0.15, 0.2) is 0 Å². The highest BCUT2D eigenvalue weighted by Crippen LogP contribution is 2.20. The lowest BCUT2D eigenvalue weighted by molar-refractivity contribution is 0.00380. The molecule has 0 bridgehead atoms. The van der Waals surface area contributed by atoms with Gasteiger partial charge >= 0.3 is 0 Å². The molecule has 0 aromatic rings. The molecule has 2 atom stereocenters. The number of piperidine rings is 2. The molecule has 122 valence electrons. The van der Waals surface area contributed by atoms with Crippen molar-refractivity contribution in [1.82, 2.24) is 9.80 Å². The fourth-order valence-electron chi connectivity index (χ4n) is 4.00. The summed E-state index contributed by atoms with van der Waals surface area (Å²) in [5.41, 5.74) is 0. The Morgan fingerprint density at radius 3 is 2.67 bits per heavy atom. The van der Waals surface area contributed by atoms with E-state index in [4.69, 9.17) is 9.47 Å². The molecule has 0 aromatic carbocycles. The van der Waals surface area contributed by atoms with E-state index in [1.807, 2.05) is 0 Å². The van der Waals surface area contributed by atoms with E-state index in [2.05, 4.69) is 9.80 Å². The second kappa shape index (κ2) is 8.47. The van der Waals surface area contributed by atoms with Crippen molar-refractivity contribution < 1.29 is 9.47 Å². The lowest BCUT2D eigenvalue weighted by Gasteiger charge is -2.41. The SMILES string of the molecule is C1CCN([C@H]2CCCN(CCOC[C@H]3CCCO3)C2)CC1. The molecular weight excluding hydrogens is 264 g/mol. The Labute approximate surface area is 129 Å². The van der Waals surface area contributed by atoms with Gasteiger partial charge in [0, 0.05) is 25.7 Å². The van der Waals surface area contributed by atoms with Crippen LogP contribution in [-0.2, 0) is 9.47 Å². The molecule has 4 nitrogen and oxygen atoms in total. The van der Waals surface area contributed by atoms with Gasteiger partial charge in [0.2, 0.25) is 0 Å². The first-order chi connectivity index (χ1) is 10.4. The van der Waals surface area contributed by atoms with Crippen LogP contribution in [0.25, 0.3) is 0 Å². The molecule has 4 heteroatoms. The summed E-state index contributed by atoms with van der Waals surface area (Å²) in [4.78, 5) is 5.35. The summed E-state index contributed by atoms with van der Waals surface area (Å²) in [5.74, 6) is 0. The first-order valence-electron chi connectivity index (χ1n) is 9.07. The Hall–Kier alpha value is -0.160. The van der Waals surface area contributed by atoms with Crippen LogP contribution >= 0.6 is 0 Å². The zero-order valence-corrected chi connectivity index (χ0v) is 13.5. The maximum atomic E-state index is 5.82. The molecule has 3 rings (SSSR count). The molecule has 3 aliphatic rings. The number of hydrogen-bond donors (Lipinski definition) is 0. The first kappa shape index (κ1) is 15.7. The molecule has 0 saturated carbocycles. The molecule has 0 spiro atoms. The average molecular weight is 296 g/mol. The molecule has 3 heterocycles. The van der Waals surface area contributed by atoms with Crippen LogP contribution in [0, 0.1) is 0 Å². The summed E-state index contributed by atoms with van der Waals surface area (Å²) in [5, 5.41) is 0. The van der Waals surface area contributed by atoms with Crippen molar-refractivity contribution in [3.05, 3.63) is 0 Å². The molecule has 3 saturated heterocycles. The van der Waals surface area contributed by atoms with Crippen LogP contribution in [-0.4, -0.2) is 74.5 Å². The number of rotatable bonds is 6. The van der Waals surface area contributed by atoms with Crippen molar-refractivity contribution in [2.45, 2.75) is 57.1 Å². The van der Waals surface area contributed by atoms with E-state index in [1.54, 1.807) is 0 Å². The second-order valence-corrected chi connectivity index (χ2v) is 6.90. The monoisotopic (exact) mass is 296 g/mol. The van der Waals surface area contributed by atoms with Crippen molar-refractivity contribution in [2.24, 2.45) is 0 Å². The minimum Gasteiger partial charge on any atom is -0.377 e. The molecule has 0 unspecified atom stereocenters. The Morgan fingerprint density at radius 1 is 0.952 bits per heavy atom. The Kier molecular flexibility index (Phi) is 6.34. The van der Waals surface area contributed by atoms with Gasteiger partial charge in [-0.25, -0.2) is 0 Å². The Balaban J connectivity index is 1.31. The minimum atomic E-state index is 0.368. The highest BCUT2D eigenvalue weighted by molar-refractivity contribution is 4.82. The van der Waals surface area contributed by atoms with Gasteiger partial charge in [0.25, 0.3) is 0 Å². The normalized spacial score (nSPS) is 32.6. The summed E-state index contributed by atoms with van der Waals surface area (Å²) in [7, 11) is 0. The van der Waals surface area contributed by atoms with Crippen LogP contribution in [0.2, 0.25) is 0 Å². The van der Waals surface area contributed by atoms with E-state index in [-0.39, 0.29) is 0 Å². The zero-order valence-electron chi connectivity index (χ0n) is 13.5. The van der Waals surface area contributed by atoms with Crippen LogP contribution in [0.1, 0.15) is 44.9 Å². The van der Waals surface area contributed by atoms with Gasteiger partial charge in [0.05, 0.1) is 19.3 Å². The van der Waals surface area contributed by atoms with Gasteiger partial charge in [-0.15, -0.1) is 0 Å².